The van der Waals surface area contributed by atoms with Crippen LogP contribution in [0.2, 0.25) is 0 Å². The fourth-order valence-electron chi connectivity index (χ4n) is 2.78. The van der Waals surface area contributed by atoms with E-state index in [1.807, 2.05) is 12.2 Å². The zero-order chi connectivity index (χ0) is 9.86. The number of carbonyl (C=O) groups is 1. The predicted molar refractivity (Wildman–Crippen MR) is 58.0 cm³/mol. The molecule has 76 valence electrons. The van der Waals surface area contributed by atoms with Crippen molar-refractivity contribution in [1.82, 2.24) is 0 Å². The second kappa shape index (κ2) is 4.12. The summed E-state index contributed by atoms with van der Waals surface area (Å²) in [6.07, 6.45) is 16.9. The van der Waals surface area contributed by atoms with Gasteiger partial charge in [0.25, 0.3) is 0 Å². The van der Waals surface area contributed by atoms with E-state index in [1.165, 1.54) is 38.4 Å². The van der Waals surface area contributed by atoms with Crippen molar-refractivity contribution in [3.8, 4) is 0 Å². The molecule has 0 aromatic heterocycles. The van der Waals surface area contributed by atoms with Gasteiger partial charge >= 0.3 is 0 Å². The molecule has 0 aliphatic heterocycles. The lowest BCUT2D eigenvalue weighted by Gasteiger charge is -2.36. The summed E-state index contributed by atoms with van der Waals surface area (Å²) in [4.78, 5) is 11.3. The van der Waals surface area contributed by atoms with Crippen LogP contribution in [0.1, 0.15) is 38.5 Å². The third-order valence-electron chi connectivity index (χ3n) is 3.71. The maximum absolute atomic E-state index is 11.3. The van der Waals surface area contributed by atoms with E-state index < -0.39 is 0 Å². The molecule has 0 heterocycles. The maximum atomic E-state index is 11.3. The number of rotatable bonds is 2. The predicted octanol–water partition coefficient (Wildman–Crippen LogP) is 3.27. The van der Waals surface area contributed by atoms with E-state index in [0.717, 1.165) is 6.42 Å². The van der Waals surface area contributed by atoms with Crippen molar-refractivity contribution in [2.24, 2.45) is 11.3 Å². The minimum atomic E-state index is -0.158. The van der Waals surface area contributed by atoms with E-state index in [-0.39, 0.29) is 5.41 Å². The van der Waals surface area contributed by atoms with Gasteiger partial charge in [-0.2, -0.15) is 0 Å². The second-order valence-corrected chi connectivity index (χ2v) is 4.56. The number of carbonyl (C=O) groups excluding carboxylic acids is 1. The molecule has 1 nitrogen and oxygen atoms in total. The van der Waals surface area contributed by atoms with Crippen LogP contribution in [0, 0.1) is 11.3 Å². The number of allylic oxidation sites excluding steroid dienone is 4. The van der Waals surface area contributed by atoms with E-state index in [1.54, 1.807) is 0 Å². The summed E-state index contributed by atoms with van der Waals surface area (Å²) in [5.41, 5.74) is -0.158. The fourth-order valence-corrected chi connectivity index (χ4v) is 2.78. The van der Waals surface area contributed by atoms with E-state index in [0.29, 0.717) is 5.92 Å². The Morgan fingerprint density at radius 1 is 1.14 bits per heavy atom. The molecule has 1 atom stereocenters. The number of hydrogen-bond acceptors (Lipinski definition) is 1. The lowest BCUT2D eigenvalue weighted by molar-refractivity contribution is -0.116. The van der Waals surface area contributed by atoms with E-state index in [9.17, 15) is 4.79 Å². The van der Waals surface area contributed by atoms with Gasteiger partial charge in [0.05, 0.1) is 5.41 Å². The summed E-state index contributed by atoms with van der Waals surface area (Å²) in [5, 5.41) is 0. The Labute approximate surface area is 85.9 Å². The van der Waals surface area contributed by atoms with Crippen molar-refractivity contribution in [2.45, 2.75) is 38.5 Å². The Kier molecular flexibility index (Phi) is 2.85. The van der Waals surface area contributed by atoms with Gasteiger partial charge in [0, 0.05) is 0 Å². The molecule has 0 amide bonds. The molecule has 1 heteroatoms. The second-order valence-electron chi connectivity index (χ2n) is 4.56. The molecule has 14 heavy (non-hydrogen) atoms. The van der Waals surface area contributed by atoms with Crippen LogP contribution in [0.3, 0.4) is 0 Å². The normalized spacial score (nSPS) is 33.1. The largest absolute Gasteiger partial charge is 0.302 e. The third-order valence-corrected chi connectivity index (χ3v) is 3.71. The molecule has 0 aromatic rings. The summed E-state index contributed by atoms with van der Waals surface area (Å²) < 4.78 is 0. The molecule has 0 aromatic carbocycles. The van der Waals surface area contributed by atoms with Crippen molar-refractivity contribution in [1.29, 1.82) is 0 Å². The van der Waals surface area contributed by atoms with E-state index in [4.69, 9.17) is 0 Å². The van der Waals surface area contributed by atoms with Crippen LogP contribution >= 0.6 is 0 Å². The minimum absolute atomic E-state index is 0.158. The van der Waals surface area contributed by atoms with E-state index >= 15 is 0 Å². The Hall–Kier alpha value is -0.850. The topological polar surface area (TPSA) is 17.1 Å². The van der Waals surface area contributed by atoms with Crippen molar-refractivity contribution in [3.05, 3.63) is 24.3 Å². The molecule has 2 rings (SSSR count). The lowest BCUT2D eigenvalue weighted by Crippen LogP contribution is -2.32. The van der Waals surface area contributed by atoms with Gasteiger partial charge in [0.2, 0.25) is 0 Å². The summed E-state index contributed by atoms with van der Waals surface area (Å²) >= 11 is 0. The zero-order valence-corrected chi connectivity index (χ0v) is 8.61. The maximum Gasteiger partial charge on any atom is 0.130 e. The first-order chi connectivity index (χ1) is 6.87. The number of aldehydes is 1. The van der Waals surface area contributed by atoms with Crippen molar-refractivity contribution in [3.63, 3.8) is 0 Å². The smallest absolute Gasteiger partial charge is 0.130 e. The van der Waals surface area contributed by atoms with Crippen LogP contribution in [0.25, 0.3) is 0 Å². The quantitative estimate of drug-likeness (QED) is 0.611. The van der Waals surface area contributed by atoms with Gasteiger partial charge < -0.3 is 4.79 Å². The first-order valence-corrected chi connectivity index (χ1v) is 5.68. The standard InChI is InChI=1S/C13H18O/c14-11-13(9-5-2-6-10-13)12-7-3-1-4-8-12/h2,5-6,9,11-12H,1,3-4,7-8,10H2. The van der Waals surface area contributed by atoms with Crippen molar-refractivity contribution >= 4 is 6.29 Å². The van der Waals surface area contributed by atoms with Crippen LogP contribution in [0.5, 0.6) is 0 Å². The Morgan fingerprint density at radius 2 is 1.93 bits per heavy atom. The molecule has 0 radical (unpaired) electrons. The van der Waals surface area contributed by atoms with Crippen molar-refractivity contribution in [2.75, 3.05) is 0 Å². The highest BCUT2D eigenvalue weighted by atomic mass is 16.1. The average molecular weight is 190 g/mol. The van der Waals surface area contributed by atoms with Crippen LogP contribution < -0.4 is 0 Å². The molecule has 0 bridgehead atoms. The molecular formula is C13H18O. The zero-order valence-electron chi connectivity index (χ0n) is 8.61. The summed E-state index contributed by atoms with van der Waals surface area (Å²) in [7, 11) is 0. The highest BCUT2D eigenvalue weighted by molar-refractivity contribution is 5.64. The van der Waals surface area contributed by atoms with Gasteiger partial charge in [-0.25, -0.2) is 0 Å². The fraction of sp³-hybridized carbons (Fsp3) is 0.615. The first-order valence-electron chi connectivity index (χ1n) is 5.68. The molecule has 1 unspecified atom stereocenters. The van der Waals surface area contributed by atoms with Gasteiger partial charge in [-0.3, -0.25) is 0 Å². The summed E-state index contributed by atoms with van der Waals surface area (Å²) in [5.74, 6) is 0.593. The first kappa shape index (κ1) is 9.70. The molecule has 0 N–H and O–H groups in total. The molecule has 1 fully saturated rings. The molecule has 2 aliphatic rings. The van der Waals surface area contributed by atoms with Crippen LogP contribution in [-0.2, 0) is 4.79 Å². The average Bonchev–Trinajstić information content (AvgIpc) is 2.31. The third kappa shape index (κ3) is 1.68. The molecule has 2 aliphatic carbocycles. The van der Waals surface area contributed by atoms with Crippen LogP contribution in [-0.4, -0.2) is 6.29 Å². The Bertz CT molecular complexity index is 258. The SMILES string of the molecule is O=CC1(C2CCCCC2)C=CC=CC1. The molecule has 0 saturated heterocycles. The monoisotopic (exact) mass is 190 g/mol. The molecule has 0 spiro atoms. The molecule has 1 saturated carbocycles. The summed E-state index contributed by atoms with van der Waals surface area (Å²) in [6, 6.07) is 0. The van der Waals surface area contributed by atoms with Crippen molar-refractivity contribution < 1.29 is 4.79 Å². The van der Waals surface area contributed by atoms with Gasteiger partial charge in [0.15, 0.2) is 0 Å². The van der Waals surface area contributed by atoms with Crippen LogP contribution in [0.15, 0.2) is 24.3 Å². The lowest BCUT2D eigenvalue weighted by atomic mass is 9.66. The highest BCUT2D eigenvalue weighted by Gasteiger charge is 2.36. The van der Waals surface area contributed by atoms with Gasteiger partial charge in [-0.15, -0.1) is 0 Å². The molecular weight excluding hydrogens is 172 g/mol. The summed E-state index contributed by atoms with van der Waals surface area (Å²) in [6.45, 7) is 0. The Balaban J connectivity index is 2.14. The van der Waals surface area contributed by atoms with Gasteiger partial charge in [0.1, 0.15) is 6.29 Å². The van der Waals surface area contributed by atoms with E-state index in [2.05, 4.69) is 12.2 Å². The number of hydrogen-bond donors (Lipinski definition) is 0. The highest BCUT2D eigenvalue weighted by Crippen LogP contribution is 2.42. The Morgan fingerprint density at radius 3 is 2.50 bits per heavy atom. The van der Waals surface area contributed by atoms with Crippen LogP contribution in [0.4, 0.5) is 0 Å². The van der Waals surface area contributed by atoms with Gasteiger partial charge in [-0.1, -0.05) is 43.6 Å². The minimum Gasteiger partial charge on any atom is -0.302 e. The van der Waals surface area contributed by atoms with Gasteiger partial charge in [-0.05, 0) is 25.2 Å².